The molecule has 0 aliphatic carbocycles. The molecule has 0 saturated heterocycles. The lowest BCUT2D eigenvalue weighted by Crippen LogP contribution is -2.27. The van der Waals surface area contributed by atoms with Gasteiger partial charge in [0, 0.05) is 31.4 Å². The van der Waals surface area contributed by atoms with Gasteiger partial charge in [0.25, 0.3) is 5.91 Å². The quantitative estimate of drug-likeness (QED) is 0.427. The minimum Gasteiger partial charge on any atom is -0.396 e. The third-order valence-corrected chi connectivity index (χ3v) is 4.48. The number of carbonyl (C=O) groups is 1. The number of halogens is 1. The third kappa shape index (κ3) is 4.05. The van der Waals surface area contributed by atoms with E-state index in [1.807, 2.05) is 31.2 Å². The molecular weight excluding hydrogens is 368 g/mol. The van der Waals surface area contributed by atoms with Crippen molar-refractivity contribution in [3.63, 3.8) is 0 Å². The van der Waals surface area contributed by atoms with Gasteiger partial charge in [-0.1, -0.05) is 17.7 Å². The van der Waals surface area contributed by atoms with Crippen molar-refractivity contribution in [3.05, 3.63) is 52.9 Å². The predicted octanol–water partition coefficient (Wildman–Crippen LogP) is 3.32. The Morgan fingerprint density at radius 1 is 1.37 bits per heavy atom. The van der Waals surface area contributed by atoms with Crippen molar-refractivity contribution in [2.24, 2.45) is 7.05 Å². The number of nitrogens with one attached hydrogen (secondary N) is 2. The van der Waals surface area contributed by atoms with Gasteiger partial charge in [0.05, 0.1) is 28.5 Å². The first kappa shape index (κ1) is 19.2. The molecule has 8 heteroatoms. The van der Waals surface area contributed by atoms with Crippen LogP contribution in [0.2, 0.25) is 5.02 Å². The number of nitrogens with zero attached hydrogens (tertiary/aromatic N) is 2. The molecule has 0 bridgehead atoms. The Morgan fingerprint density at radius 3 is 2.93 bits per heavy atom. The number of aliphatic hydroxyl groups excluding tert-OH is 1. The summed E-state index contributed by atoms with van der Waals surface area (Å²) in [5.74, 6) is -0.405. The molecule has 3 rings (SSSR count). The predicted molar refractivity (Wildman–Crippen MR) is 105 cm³/mol. The standard InChI is InChI=1S/C19H21ClN4O3/c1-12-4-5-15(14(20)10-12)22-17-13-11-21-7-6-16(13)24(2)18(17)19(26)23-27-9-3-8-25/h4-7,10-11,22,25H,3,8-9H2,1-2H3,(H,23,26). The number of benzene rings is 1. The maximum Gasteiger partial charge on any atom is 0.293 e. The lowest BCUT2D eigenvalue weighted by atomic mass is 10.2. The largest absolute Gasteiger partial charge is 0.396 e. The second kappa shape index (κ2) is 8.39. The van der Waals surface area contributed by atoms with Crippen LogP contribution >= 0.6 is 11.6 Å². The molecule has 0 atom stereocenters. The van der Waals surface area contributed by atoms with Gasteiger partial charge in [0.2, 0.25) is 0 Å². The van der Waals surface area contributed by atoms with Crippen LogP contribution in [0.4, 0.5) is 11.4 Å². The van der Waals surface area contributed by atoms with E-state index in [0.717, 1.165) is 16.5 Å². The van der Waals surface area contributed by atoms with Gasteiger partial charge < -0.3 is 15.0 Å². The van der Waals surface area contributed by atoms with Crippen molar-refractivity contribution >= 4 is 39.8 Å². The Hall–Kier alpha value is -2.61. The van der Waals surface area contributed by atoms with Crippen molar-refractivity contribution in [2.75, 3.05) is 18.5 Å². The maximum atomic E-state index is 12.7. The van der Waals surface area contributed by atoms with Crippen LogP contribution in [0.1, 0.15) is 22.5 Å². The van der Waals surface area contributed by atoms with E-state index in [4.69, 9.17) is 21.5 Å². The molecule has 0 aliphatic heterocycles. The number of anilines is 2. The van der Waals surface area contributed by atoms with Gasteiger partial charge >= 0.3 is 0 Å². The average Bonchev–Trinajstić information content (AvgIpc) is 2.93. The van der Waals surface area contributed by atoms with Gasteiger partial charge in [0.1, 0.15) is 5.69 Å². The van der Waals surface area contributed by atoms with Crippen LogP contribution in [0, 0.1) is 6.92 Å². The van der Waals surface area contributed by atoms with Crippen LogP contribution in [0.15, 0.2) is 36.7 Å². The number of hydrogen-bond acceptors (Lipinski definition) is 5. The summed E-state index contributed by atoms with van der Waals surface area (Å²) >= 11 is 6.35. The fourth-order valence-electron chi connectivity index (χ4n) is 2.84. The number of fused-ring (bicyclic) bond motifs is 1. The summed E-state index contributed by atoms with van der Waals surface area (Å²) < 4.78 is 1.77. The van der Waals surface area contributed by atoms with Gasteiger partial charge in [-0.05, 0) is 37.1 Å². The number of pyridine rings is 1. The zero-order valence-corrected chi connectivity index (χ0v) is 15.9. The van der Waals surface area contributed by atoms with Crippen LogP contribution < -0.4 is 10.8 Å². The summed E-state index contributed by atoms with van der Waals surface area (Å²) in [6.45, 7) is 2.18. The van der Waals surface area contributed by atoms with E-state index in [-0.39, 0.29) is 13.2 Å². The molecule has 3 aromatic rings. The van der Waals surface area contributed by atoms with Crippen LogP contribution in [-0.2, 0) is 11.9 Å². The molecule has 7 nitrogen and oxygen atoms in total. The van der Waals surface area contributed by atoms with Gasteiger partial charge in [-0.15, -0.1) is 0 Å². The molecule has 1 aromatic carbocycles. The van der Waals surface area contributed by atoms with E-state index in [0.29, 0.717) is 28.5 Å². The highest BCUT2D eigenvalue weighted by atomic mass is 35.5. The summed E-state index contributed by atoms with van der Waals surface area (Å²) in [5, 5.41) is 13.4. The fraction of sp³-hybridized carbons (Fsp3) is 0.263. The smallest absolute Gasteiger partial charge is 0.293 e. The number of amides is 1. The van der Waals surface area contributed by atoms with Crippen molar-refractivity contribution in [3.8, 4) is 0 Å². The molecule has 1 amide bonds. The summed E-state index contributed by atoms with van der Waals surface area (Å²) in [6.07, 6.45) is 3.80. The van der Waals surface area contributed by atoms with E-state index >= 15 is 0 Å². The van der Waals surface area contributed by atoms with Crippen LogP contribution in [0.3, 0.4) is 0 Å². The lowest BCUT2D eigenvalue weighted by molar-refractivity contribution is 0.0256. The van der Waals surface area contributed by atoms with Crippen molar-refractivity contribution in [2.45, 2.75) is 13.3 Å². The van der Waals surface area contributed by atoms with Crippen LogP contribution in [0.25, 0.3) is 10.9 Å². The van der Waals surface area contributed by atoms with Crippen LogP contribution in [0.5, 0.6) is 0 Å². The summed E-state index contributed by atoms with van der Waals surface area (Å²) in [5.41, 5.74) is 5.98. The Labute approximate surface area is 161 Å². The SMILES string of the molecule is Cc1ccc(Nc2c(C(=O)NOCCCO)n(C)c3ccncc23)c(Cl)c1. The molecule has 0 fully saturated rings. The molecule has 2 aromatic heterocycles. The molecule has 3 N–H and O–H groups in total. The van der Waals surface area contributed by atoms with Crippen LogP contribution in [-0.4, -0.2) is 33.8 Å². The summed E-state index contributed by atoms with van der Waals surface area (Å²) in [7, 11) is 1.80. The minimum atomic E-state index is -0.405. The van der Waals surface area contributed by atoms with Crippen molar-refractivity contribution in [1.29, 1.82) is 0 Å². The third-order valence-electron chi connectivity index (χ3n) is 4.17. The van der Waals surface area contributed by atoms with Gasteiger partial charge in [-0.25, -0.2) is 5.48 Å². The second-order valence-electron chi connectivity index (χ2n) is 6.14. The highest BCUT2D eigenvalue weighted by molar-refractivity contribution is 6.33. The number of carbonyl (C=O) groups excluding carboxylic acids is 1. The van der Waals surface area contributed by atoms with Crippen molar-refractivity contribution in [1.82, 2.24) is 15.0 Å². The Kier molecular flexibility index (Phi) is 5.95. The van der Waals surface area contributed by atoms with E-state index in [1.54, 1.807) is 24.0 Å². The number of hydrogen-bond donors (Lipinski definition) is 3. The Bertz CT molecular complexity index is 971. The number of aliphatic hydroxyl groups is 1. The highest BCUT2D eigenvalue weighted by Gasteiger charge is 2.22. The number of hydroxylamine groups is 1. The first-order chi connectivity index (χ1) is 13.0. The average molecular weight is 389 g/mol. The molecule has 142 valence electrons. The lowest BCUT2D eigenvalue weighted by Gasteiger charge is -2.12. The topological polar surface area (TPSA) is 88.4 Å². The molecule has 0 aliphatic rings. The number of aromatic nitrogens is 2. The van der Waals surface area contributed by atoms with Crippen molar-refractivity contribution < 1.29 is 14.7 Å². The van der Waals surface area contributed by atoms with Gasteiger partial charge in [0.15, 0.2) is 0 Å². The summed E-state index contributed by atoms with van der Waals surface area (Å²) in [6, 6.07) is 7.49. The zero-order valence-electron chi connectivity index (χ0n) is 15.1. The molecule has 0 saturated carbocycles. The molecule has 0 unspecified atom stereocenters. The van der Waals surface area contributed by atoms with E-state index < -0.39 is 5.91 Å². The van der Waals surface area contributed by atoms with E-state index in [9.17, 15) is 4.79 Å². The van der Waals surface area contributed by atoms with E-state index in [2.05, 4.69) is 15.8 Å². The maximum absolute atomic E-state index is 12.7. The van der Waals surface area contributed by atoms with Gasteiger partial charge in [-0.3, -0.25) is 14.6 Å². The normalized spacial score (nSPS) is 11.0. The van der Waals surface area contributed by atoms with E-state index in [1.165, 1.54) is 0 Å². The zero-order chi connectivity index (χ0) is 19.4. The molecule has 27 heavy (non-hydrogen) atoms. The second-order valence-corrected chi connectivity index (χ2v) is 6.55. The number of rotatable bonds is 7. The monoisotopic (exact) mass is 388 g/mol. The first-order valence-electron chi connectivity index (χ1n) is 8.51. The molecular formula is C19H21ClN4O3. The molecule has 0 radical (unpaired) electrons. The van der Waals surface area contributed by atoms with Gasteiger partial charge in [-0.2, -0.15) is 0 Å². The molecule has 2 heterocycles. The number of aryl methyl sites for hydroxylation is 2. The Morgan fingerprint density at radius 2 is 2.19 bits per heavy atom. The fourth-order valence-corrected chi connectivity index (χ4v) is 3.12. The summed E-state index contributed by atoms with van der Waals surface area (Å²) in [4.78, 5) is 22.1. The highest BCUT2D eigenvalue weighted by Crippen LogP contribution is 2.34. The molecule has 0 spiro atoms. The first-order valence-corrected chi connectivity index (χ1v) is 8.89. The Balaban J connectivity index is 2.00. The minimum absolute atomic E-state index is 0.00565.